The van der Waals surface area contributed by atoms with Crippen molar-refractivity contribution in [2.45, 2.75) is 20.4 Å². The molecule has 3 aromatic heterocycles. The molecule has 1 N–H and O–H groups in total. The number of aromatic nitrogens is 4. The standard InChI is InChI=1S/C24H23N5O2/c1-15-11-18-21(5-4-6-22(18)30-3)29(15)10-9-25-24-13-20(26-14-27-24)17-7-8-19-23(12-17)31-16(2)28-19/h4-8,11-14H,9-10H2,1-3H3,(H,25,26,27). The molecule has 0 aliphatic rings. The Hall–Kier alpha value is -3.87. The van der Waals surface area contributed by atoms with Crippen molar-refractivity contribution in [3.05, 3.63) is 66.4 Å². The molecular weight excluding hydrogens is 390 g/mol. The van der Waals surface area contributed by atoms with E-state index in [2.05, 4.69) is 43.9 Å². The van der Waals surface area contributed by atoms with Crippen molar-refractivity contribution in [2.75, 3.05) is 19.0 Å². The average molecular weight is 413 g/mol. The fraction of sp³-hybridized carbons (Fsp3) is 0.208. The summed E-state index contributed by atoms with van der Waals surface area (Å²) in [7, 11) is 1.71. The first-order chi connectivity index (χ1) is 15.1. The second-order valence-electron chi connectivity index (χ2n) is 7.46. The lowest BCUT2D eigenvalue weighted by Crippen LogP contribution is -2.12. The fourth-order valence-electron chi connectivity index (χ4n) is 3.97. The van der Waals surface area contributed by atoms with Crippen LogP contribution in [0, 0.1) is 13.8 Å². The predicted octanol–water partition coefficient (Wildman–Crippen LogP) is 4.98. The van der Waals surface area contributed by atoms with Gasteiger partial charge in [0.2, 0.25) is 0 Å². The minimum atomic E-state index is 0.655. The highest BCUT2D eigenvalue weighted by Gasteiger charge is 2.10. The molecule has 3 heterocycles. The third-order valence-electron chi connectivity index (χ3n) is 5.43. The van der Waals surface area contributed by atoms with Crippen LogP contribution < -0.4 is 10.1 Å². The van der Waals surface area contributed by atoms with Crippen molar-refractivity contribution in [1.82, 2.24) is 19.5 Å². The number of rotatable bonds is 6. The highest BCUT2D eigenvalue weighted by molar-refractivity contribution is 5.87. The number of aryl methyl sites for hydroxylation is 2. The van der Waals surface area contributed by atoms with Gasteiger partial charge >= 0.3 is 0 Å². The lowest BCUT2D eigenvalue weighted by molar-refractivity contribution is 0.420. The van der Waals surface area contributed by atoms with Gasteiger partial charge in [0.1, 0.15) is 23.4 Å². The zero-order chi connectivity index (χ0) is 21.4. The molecule has 0 aliphatic carbocycles. The molecule has 0 saturated heterocycles. The van der Waals surface area contributed by atoms with E-state index in [-0.39, 0.29) is 0 Å². The Morgan fingerprint density at radius 2 is 1.97 bits per heavy atom. The van der Waals surface area contributed by atoms with Crippen molar-refractivity contribution in [2.24, 2.45) is 0 Å². The van der Waals surface area contributed by atoms with E-state index in [0.717, 1.165) is 57.9 Å². The van der Waals surface area contributed by atoms with Gasteiger partial charge in [-0.3, -0.25) is 0 Å². The van der Waals surface area contributed by atoms with Crippen LogP contribution in [-0.2, 0) is 6.54 Å². The summed E-state index contributed by atoms with van der Waals surface area (Å²) in [6.07, 6.45) is 1.58. The van der Waals surface area contributed by atoms with E-state index in [0.29, 0.717) is 5.89 Å². The molecule has 7 nitrogen and oxygen atoms in total. The minimum absolute atomic E-state index is 0.655. The summed E-state index contributed by atoms with van der Waals surface area (Å²) in [5.74, 6) is 2.33. The van der Waals surface area contributed by atoms with Gasteiger partial charge < -0.3 is 19.0 Å². The molecule has 0 saturated carbocycles. The number of oxazole rings is 1. The lowest BCUT2D eigenvalue weighted by Gasteiger charge is -2.11. The molecule has 0 fully saturated rings. The van der Waals surface area contributed by atoms with E-state index in [1.54, 1.807) is 13.4 Å². The second kappa shape index (κ2) is 7.75. The highest BCUT2D eigenvalue weighted by Crippen LogP contribution is 2.28. The van der Waals surface area contributed by atoms with Gasteiger partial charge in [-0.05, 0) is 37.3 Å². The van der Waals surface area contributed by atoms with E-state index in [4.69, 9.17) is 9.15 Å². The van der Waals surface area contributed by atoms with Gasteiger partial charge in [-0.1, -0.05) is 12.1 Å². The van der Waals surface area contributed by atoms with E-state index < -0.39 is 0 Å². The maximum atomic E-state index is 5.65. The van der Waals surface area contributed by atoms with Gasteiger partial charge in [0.05, 0.1) is 18.3 Å². The van der Waals surface area contributed by atoms with Crippen molar-refractivity contribution in [1.29, 1.82) is 0 Å². The van der Waals surface area contributed by atoms with Crippen LogP contribution in [0.5, 0.6) is 5.75 Å². The molecule has 0 radical (unpaired) electrons. The average Bonchev–Trinajstić information content (AvgIpc) is 3.31. The normalized spacial score (nSPS) is 11.3. The number of methoxy groups -OCH3 is 1. The van der Waals surface area contributed by atoms with Crippen LogP contribution in [0.2, 0.25) is 0 Å². The van der Waals surface area contributed by atoms with Gasteiger partial charge in [0.25, 0.3) is 0 Å². The van der Waals surface area contributed by atoms with Gasteiger partial charge in [-0.25, -0.2) is 15.0 Å². The second-order valence-corrected chi connectivity index (χ2v) is 7.46. The number of hydrogen-bond acceptors (Lipinski definition) is 6. The van der Waals surface area contributed by atoms with Crippen molar-refractivity contribution in [3.8, 4) is 17.0 Å². The molecule has 0 amide bonds. The zero-order valence-electron chi connectivity index (χ0n) is 17.7. The summed E-state index contributed by atoms with van der Waals surface area (Å²) in [4.78, 5) is 13.1. The van der Waals surface area contributed by atoms with Crippen molar-refractivity contribution in [3.63, 3.8) is 0 Å². The maximum absolute atomic E-state index is 5.65. The number of hydrogen-bond donors (Lipinski definition) is 1. The van der Waals surface area contributed by atoms with Crippen molar-refractivity contribution >= 4 is 27.8 Å². The molecule has 0 spiro atoms. The first-order valence-electron chi connectivity index (χ1n) is 10.2. The van der Waals surface area contributed by atoms with Crippen LogP contribution >= 0.6 is 0 Å². The molecule has 0 bridgehead atoms. The molecule has 5 rings (SSSR count). The number of fused-ring (bicyclic) bond motifs is 2. The quantitative estimate of drug-likeness (QED) is 0.423. The number of anilines is 1. The Morgan fingerprint density at radius 1 is 1.06 bits per heavy atom. The lowest BCUT2D eigenvalue weighted by atomic mass is 10.1. The minimum Gasteiger partial charge on any atom is -0.496 e. The zero-order valence-corrected chi connectivity index (χ0v) is 17.7. The van der Waals surface area contributed by atoms with E-state index >= 15 is 0 Å². The molecule has 0 aliphatic heterocycles. The molecule has 31 heavy (non-hydrogen) atoms. The topological polar surface area (TPSA) is 78.0 Å². The third-order valence-corrected chi connectivity index (χ3v) is 5.43. The largest absolute Gasteiger partial charge is 0.496 e. The Labute approximate surface area is 179 Å². The van der Waals surface area contributed by atoms with Crippen LogP contribution in [0.15, 0.2) is 59.3 Å². The Balaban J connectivity index is 1.33. The summed E-state index contributed by atoms with van der Waals surface area (Å²) in [6.45, 7) is 5.51. The number of nitrogens with zero attached hydrogens (tertiary/aromatic N) is 4. The van der Waals surface area contributed by atoms with Gasteiger partial charge in [-0.15, -0.1) is 0 Å². The summed E-state index contributed by atoms with van der Waals surface area (Å²) in [5, 5.41) is 4.55. The van der Waals surface area contributed by atoms with Crippen LogP contribution in [0.3, 0.4) is 0 Å². The SMILES string of the molecule is COc1cccc2c1cc(C)n2CCNc1cc(-c2ccc3nc(C)oc3c2)ncn1. The molecule has 156 valence electrons. The van der Waals surface area contributed by atoms with Gasteiger partial charge in [0, 0.05) is 42.7 Å². The van der Waals surface area contributed by atoms with Crippen LogP contribution in [0.1, 0.15) is 11.6 Å². The van der Waals surface area contributed by atoms with Crippen LogP contribution in [0.25, 0.3) is 33.3 Å². The Kier molecular flexibility index (Phi) is 4.78. The summed E-state index contributed by atoms with van der Waals surface area (Å²) < 4.78 is 13.4. The summed E-state index contributed by atoms with van der Waals surface area (Å²) in [6, 6.07) is 16.2. The number of nitrogens with one attached hydrogen (secondary N) is 1. The van der Waals surface area contributed by atoms with Crippen molar-refractivity contribution < 1.29 is 9.15 Å². The number of ether oxygens (including phenoxy) is 1. The van der Waals surface area contributed by atoms with Gasteiger partial charge in [-0.2, -0.15) is 0 Å². The fourth-order valence-corrected chi connectivity index (χ4v) is 3.97. The van der Waals surface area contributed by atoms with E-state index in [1.807, 2.05) is 43.3 Å². The Morgan fingerprint density at radius 3 is 2.84 bits per heavy atom. The molecule has 7 heteroatoms. The molecular formula is C24H23N5O2. The molecule has 5 aromatic rings. The summed E-state index contributed by atoms with van der Waals surface area (Å²) >= 11 is 0. The summed E-state index contributed by atoms with van der Waals surface area (Å²) in [5.41, 5.74) is 5.76. The van der Waals surface area contributed by atoms with Crippen LogP contribution in [0.4, 0.5) is 5.82 Å². The highest BCUT2D eigenvalue weighted by atomic mass is 16.5. The Bertz CT molecular complexity index is 1390. The first kappa shape index (κ1) is 19.1. The monoisotopic (exact) mass is 413 g/mol. The van der Waals surface area contributed by atoms with E-state index in [9.17, 15) is 0 Å². The molecule has 0 unspecified atom stereocenters. The van der Waals surface area contributed by atoms with Crippen LogP contribution in [-0.4, -0.2) is 33.2 Å². The maximum Gasteiger partial charge on any atom is 0.192 e. The molecule has 2 aromatic carbocycles. The van der Waals surface area contributed by atoms with E-state index in [1.165, 1.54) is 5.69 Å². The number of benzene rings is 2. The predicted molar refractivity (Wildman–Crippen MR) is 121 cm³/mol. The van der Waals surface area contributed by atoms with Gasteiger partial charge in [0.15, 0.2) is 11.5 Å². The molecule has 0 atom stereocenters. The first-order valence-corrected chi connectivity index (χ1v) is 10.2. The smallest absolute Gasteiger partial charge is 0.192 e. The third kappa shape index (κ3) is 3.59.